The number of aromatic nitrogens is 1. The zero-order valence-corrected chi connectivity index (χ0v) is 12.4. The molecule has 0 aliphatic carbocycles. The van der Waals surface area contributed by atoms with Crippen molar-refractivity contribution in [2.24, 2.45) is 0 Å². The Morgan fingerprint density at radius 3 is 2.50 bits per heavy atom. The molecule has 2 aromatic rings. The van der Waals surface area contributed by atoms with Crippen LogP contribution in [0.3, 0.4) is 0 Å². The van der Waals surface area contributed by atoms with Gasteiger partial charge in [-0.15, -0.1) is 0 Å². The van der Waals surface area contributed by atoms with Gasteiger partial charge in [0.05, 0.1) is 0 Å². The van der Waals surface area contributed by atoms with E-state index >= 15 is 0 Å². The van der Waals surface area contributed by atoms with Gasteiger partial charge in [0.1, 0.15) is 0 Å². The molecule has 0 N–H and O–H groups in total. The predicted molar refractivity (Wildman–Crippen MR) is 55.8 cm³/mol. The van der Waals surface area contributed by atoms with Crippen LogP contribution in [0.15, 0.2) is 30.5 Å². The summed E-state index contributed by atoms with van der Waals surface area (Å²) in [4.78, 5) is 0. The number of hydrogen-bond donors (Lipinski definition) is 0. The van der Waals surface area contributed by atoms with Crippen molar-refractivity contribution in [3.05, 3.63) is 36.0 Å². The summed E-state index contributed by atoms with van der Waals surface area (Å²) in [7, 11) is 0. The van der Waals surface area contributed by atoms with E-state index in [4.69, 9.17) is 0 Å². The SMILES string of the molecule is Cc1ccc2c(ccn2C[B-](F)(F)F)c1.[K+]. The van der Waals surface area contributed by atoms with Crippen molar-refractivity contribution < 1.29 is 64.3 Å². The van der Waals surface area contributed by atoms with E-state index in [1.54, 1.807) is 12.1 Å². The minimum absolute atomic E-state index is 0. The first-order valence-corrected chi connectivity index (χ1v) is 4.72. The van der Waals surface area contributed by atoms with Gasteiger partial charge < -0.3 is 17.5 Å². The van der Waals surface area contributed by atoms with E-state index in [1.807, 2.05) is 19.1 Å². The van der Waals surface area contributed by atoms with Crippen LogP contribution >= 0.6 is 0 Å². The molecule has 0 amide bonds. The molecule has 1 aromatic heterocycles. The van der Waals surface area contributed by atoms with E-state index in [0.717, 1.165) is 10.9 Å². The van der Waals surface area contributed by atoms with Gasteiger partial charge >= 0.3 is 58.4 Å². The van der Waals surface area contributed by atoms with Crippen LogP contribution in [0.2, 0.25) is 0 Å². The zero-order valence-electron chi connectivity index (χ0n) is 9.25. The van der Waals surface area contributed by atoms with Crippen LogP contribution in [0.25, 0.3) is 10.9 Å². The molecule has 0 unspecified atom stereocenters. The van der Waals surface area contributed by atoms with Crippen molar-refractivity contribution in [3.63, 3.8) is 0 Å². The van der Waals surface area contributed by atoms with Crippen LogP contribution in [0, 0.1) is 6.92 Å². The second kappa shape index (κ2) is 5.27. The molecule has 0 saturated carbocycles. The van der Waals surface area contributed by atoms with E-state index in [1.165, 1.54) is 10.8 Å². The average molecular weight is 251 g/mol. The monoisotopic (exact) mass is 251 g/mol. The Bertz CT molecular complexity index is 492. The molecule has 2 rings (SSSR count). The summed E-state index contributed by atoms with van der Waals surface area (Å²) >= 11 is 0. The largest absolute Gasteiger partial charge is 1.00 e. The van der Waals surface area contributed by atoms with Gasteiger partial charge in [-0.3, -0.25) is 0 Å². The van der Waals surface area contributed by atoms with E-state index in [-0.39, 0.29) is 51.4 Å². The van der Waals surface area contributed by atoms with Gasteiger partial charge in [-0.25, -0.2) is 0 Å². The standard InChI is InChI=1S/C10H10BF3N.K/c1-8-2-3-10-9(6-8)4-5-15(10)7-11(12,13)14;/h2-6H,7H2,1H3;/q-1;+1. The average Bonchev–Trinajstić information content (AvgIpc) is 2.45. The van der Waals surface area contributed by atoms with Crippen molar-refractivity contribution in [1.82, 2.24) is 4.57 Å². The molecular formula is C10H10BF3KN. The van der Waals surface area contributed by atoms with Crippen molar-refractivity contribution in [2.75, 3.05) is 0 Å². The molecule has 0 saturated heterocycles. The molecule has 16 heavy (non-hydrogen) atoms. The van der Waals surface area contributed by atoms with Gasteiger partial charge in [0.2, 0.25) is 0 Å². The van der Waals surface area contributed by atoms with Crippen LogP contribution in [-0.2, 0) is 6.44 Å². The van der Waals surface area contributed by atoms with Crippen LogP contribution in [-0.4, -0.2) is 11.5 Å². The molecule has 6 heteroatoms. The number of nitrogens with zero attached hydrogens (tertiary/aromatic N) is 1. The van der Waals surface area contributed by atoms with Crippen molar-refractivity contribution in [1.29, 1.82) is 0 Å². The first-order chi connectivity index (χ1) is 6.96. The summed E-state index contributed by atoms with van der Waals surface area (Å²) in [5, 5.41) is 0.857. The Morgan fingerprint density at radius 2 is 1.88 bits per heavy atom. The Hall–Kier alpha value is 0.251. The summed E-state index contributed by atoms with van der Waals surface area (Å²) in [5.74, 6) is 0. The van der Waals surface area contributed by atoms with Crippen LogP contribution in [0.1, 0.15) is 5.56 Å². The quantitative estimate of drug-likeness (QED) is 0.678. The summed E-state index contributed by atoms with van der Waals surface area (Å²) in [6.07, 6.45) is 0.617. The number of benzene rings is 1. The van der Waals surface area contributed by atoms with Gasteiger partial charge in [0.15, 0.2) is 0 Å². The van der Waals surface area contributed by atoms with Gasteiger partial charge in [-0.1, -0.05) is 11.6 Å². The number of fused-ring (bicyclic) bond motifs is 1. The molecule has 0 aliphatic rings. The molecule has 0 bridgehead atoms. The van der Waals surface area contributed by atoms with Crippen LogP contribution in [0.4, 0.5) is 12.9 Å². The van der Waals surface area contributed by atoms with E-state index in [2.05, 4.69) is 0 Å². The first-order valence-electron chi connectivity index (χ1n) is 4.72. The fraction of sp³-hybridized carbons (Fsp3) is 0.200. The summed E-state index contributed by atoms with van der Waals surface area (Å²) < 4.78 is 38.0. The van der Waals surface area contributed by atoms with Crippen molar-refractivity contribution >= 4 is 17.9 Å². The molecule has 1 nitrogen and oxygen atoms in total. The topological polar surface area (TPSA) is 4.93 Å². The second-order valence-corrected chi connectivity index (χ2v) is 3.74. The van der Waals surface area contributed by atoms with E-state index in [0.29, 0.717) is 5.52 Å². The Morgan fingerprint density at radius 1 is 1.19 bits per heavy atom. The Balaban J connectivity index is 0.00000128. The van der Waals surface area contributed by atoms with Crippen molar-refractivity contribution in [2.45, 2.75) is 13.4 Å². The van der Waals surface area contributed by atoms with Gasteiger partial charge in [0, 0.05) is 11.7 Å². The first kappa shape index (κ1) is 14.3. The Labute approximate surface area is 134 Å². The summed E-state index contributed by atoms with van der Waals surface area (Å²) in [6.45, 7) is -2.86. The van der Waals surface area contributed by atoms with Gasteiger partial charge in [-0.2, -0.15) is 0 Å². The van der Waals surface area contributed by atoms with E-state index in [9.17, 15) is 12.9 Å². The minimum atomic E-state index is -4.78. The second-order valence-electron chi connectivity index (χ2n) is 3.74. The summed E-state index contributed by atoms with van der Waals surface area (Å²) in [6, 6.07) is 7.15. The van der Waals surface area contributed by atoms with Crippen LogP contribution in [0.5, 0.6) is 0 Å². The molecule has 80 valence electrons. The maximum Gasteiger partial charge on any atom is 1.00 e. The molecule has 1 heterocycles. The number of halogens is 3. The normalized spacial score (nSPS) is 11.5. The molecule has 0 fully saturated rings. The third-order valence-corrected chi connectivity index (χ3v) is 2.33. The fourth-order valence-electron chi connectivity index (χ4n) is 1.70. The molecule has 0 spiro atoms. The predicted octanol–water partition coefficient (Wildman–Crippen LogP) is 0.340. The Kier molecular flexibility index (Phi) is 4.71. The van der Waals surface area contributed by atoms with E-state index < -0.39 is 13.4 Å². The molecule has 0 aliphatic heterocycles. The smallest absolute Gasteiger partial charge is 0.448 e. The molecule has 0 atom stereocenters. The molecular weight excluding hydrogens is 241 g/mol. The number of rotatable bonds is 2. The fourth-order valence-corrected chi connectivity index (χ4v) is 1.70. The molecule has 1 aromatic carbocycles. The zero-order chi connectivity index (χ0) is 11.1. The third kappa shape index (κ3) is 3.37. The number of hydrogen-bond acceptors (Lipinski definition) is 0. The van der Waals surface area contributed by atoms with Gasteiger partial charge in [0.25, 0.3) is 0 Å². The minimum Gasteiger partial charge on any atom is -0.448 e. The summed E-state index contributed by atoms with van der Waals surface area (Å²) in [5.41, 5.74) is 1.69. The maximum absolute atomic E-state index is 12.3. The van der Waals surface area contributed by atoms with Gasteiger partial charge in [-0.05, 0) is 37.0 Å². The van der Waals surface area contributed by atoms with Crippen LogP contribution < -0.4 is 51.4 Å². The molecule has 0 radical (unpaired) electrons. The number of aryl methyl sites for hydroxylation is 1. The third-order valence-electron chi connectivity index (χ3n) is 2.33. The van der Waals surface area contributed by atoms with Crippen molar-refractivity contribution in [3.8, 4) is 0 Å². The maximum atomic E-state index is 12.3.